The Morgan fingerprint density at radius 3 is 2.04 bits per heavy atom. The van der Waals surface area contributed by atoms with Crippen LogP contribution in [0.5, 0.6) is 0 Å². The zero-order chi connectivity index (χ0) is 16.1. The summed E-state index contributed by atoms with van der Waals surface area (Å²) >= 11 is 1.90. The first kappa shape index (κ1) is 16.4. The van der Waals surface area contributed by atoms with Crippen LogP contribution < -0.4 is 11.1 Å². The third-order valence-electron chi connectivity index (χ3n) is 4.41. The monoisotopic (exact) mass is 326 g/mol. The first-order valence-corrected chi connectivity index (χ1v) is 9.42. The van der Waals surface area contributed by atoms with E-state index in [0.29, 0.717) is 0 Å². The summed E-state index contributed by atoms with van der Waals surface area (Å²) in [7, 11) is 2.02. The number of fused-ring (bicyclic) bond motifs is 3. The van der Waals surface area contributed by atoms with Crippen LogP contribution in [0.3, 0.4) is 0 Å². The summed E-state index contributed by atoms with van der Waals surface area (Å²) in [5.74, 6) is 0. The fraction of sp³-hybridized carbons (Fsp3) is 0.400. The largest absolute Gasteiger partial charge is 0.330 e. The molecule has 0 aliphatic carbocycles. The molecular weight excluding hydrogens is 300 g/mol. The van der Waals surface area contributed by atoms with Gasteiger partial charge in [-0.1, -0.05) is 12.1 Å². The van der Waals surface area contributed by atoms with Gasteiger partial charge < -0.3 is 11.1 Å². The van der Waals surface area contributed by atoms with Crippen molar-refractivity contribution in [2.75, 3.05) is 20.1 Å². The van der Waals surface area contributed by atoms with Crippen LogP contribution in [-0.4, -0.2) is 20.1 Å². The SMILES string of the molecule is CNCCCCc1ccc2sc3ccc(CCCN)cc3c2c1. The molecule has 3 N–H and O–H groups in total. The van der Waals surface area contributed by atoms with Crippen molar-refractivity contribution in [2.45, 2.75) is 32.1 Å². The van der Waals surface area contributed by atoms with E-state index >= 15 is 0 Å². The van der Waals surface area contributed by atoms with E-state index in [0.717, 1.165) is 25.9 Å². The molecular formula is C20H26N2S. The van der Waals surface area contributed by atoms with E-state index in [-0.39, 0.29) is 0 Å². The summed E-state index contributed by atoms with van der Waals surface area (Å²) in [6, 6.07) is 13.9. The molecule has 3 aromatic rings. The summed E-state index contributed by atoms with van der Waals surface area (Å²) in [6.45, 7) is 1.87. The van der Waals surface area contributed by atoms with Crippen molar-refractivity contribution < 1.29 is 0 Å². The Hall–Kier alpha value is -1.42. The lowest BCUT2D eigenvalue weighted by atomic mass is 10.0. The van der Waals surface area contributed by atoms with Crippen molar-refractivity contribution in [1.82, 2.24) is 5.32 Å². The first-order chi connectivity index (χ1) is 11.3. The number of rotatable bonds is 8. The number of nitrogens with two attached hydrogens (primary N) is 1. The van der Waals surface area contributed by atoms with Crippen LogP contribution >= 0.6 is 11.3 Å². The van der Waals surface area contributed by atoms with Gasteiger partial charge in [0.2, 0.25) is 0 Å². The molecule has 0 spiro atoms. The average Bonchev–Trinajstić information content (AvgIpc) is 2.94. The number of unbranched alkanes of at least 4 members (excludes halogenated alkanes) is 1. The lowest BCUT2D eigenvalue weighted by molar-refractivity contribution is 0.677. The van der Waals surface area contributed by atoms with Crippen LogP contribution in [0.2, 0.25) is 0 Å². The second-order valence-electron chi connectivity index (χ2n) is 6.22. The highest BCUT2D eigenvalue weighted by molar-refractivity contribution is 7.25. The predicted octanol–water partition coefficient (Wildman–Crippen LogP) is 4.49. The lowest BCUT2D eigenvalue weighted by Gasteiger charge is -2.03. The van der Waals surface area contributed by atoms with E-state index < -0.39 is 0 Å². The van der Waals surface area contributed by atoms with Crippen molar-refractivity contribution in [3.05, 3.63) is 47.5 Å². The van der Waals surface area contributed by atoms with Gasteiger partial charge in [0.1, 0.15) is 0 Å². The highest BCUT2D eigenvalue weighted by Gasteiger charge is 2.07. The lowest BCUT2D eigenvalue weighted by Crippen LogP contribution is -2.07. The number of hydrogen-bond acceptors (Lipinski definition) is 3. The molecule has 2 aromatic carbocycles. The molecule has 0 fully saturated rings. The Balaban J connectivity index is 1.87. The number of benzene rings is 2. The standard InChI is InChI=1S/C20H26N2S/c1-22-12-3-2-5-15-7-9-19-17(13-15)18-14-16(6-4-11-21)8-10-20(18)23-19/h7-10,13-14,22H,2-6,11-12,21H2,1H3. The summed E-state index contributed by atoms with van der Waals surface area (Å²) in [6.07, 6.45) is 5.79. The van der Waals surface area contributed by atoms with Gasteiger partial charge >= 0.3 is 0 Å². The molecule has 0 radical (unpaired) electrons. The number of aryl methyl sites for hydroxylation is 2. The molecule has 3 heteroatoms. The molecule has 0 bridgehead atoms. The fourth-order valence-corrected chi connectivity index (χ4v) is 4.19. The summed E-state index contributed by atoms with van der Waals surface area (Å²) in [5.41, 5.74) is 8.51. The van der Waals surface area contributed by atoms with Crippen LogP contribution in [0.1, 0.15) is 30.4 Å². The molecule has 0 aliphatic heterocycles. The summed E-state index contributed by atoms with van der Waals surface area (Å²) in [5, 5.41) is 6.05. The minimum Gasteiger partial charge on any atom is -0.330 e. The van der Waals surface area contributed by atoms with Crippen molar-refractivity contribution in [3.8, 4) is 0 Å². The molecule has 0 saturated heterocycles. The molecule has 122 valence electrons. The molecule has 23 heavy (non-hydrogen) atoms. The maximum Gasteiger partial charge on any atom is 0.0355 e. The van der Waals surface area contributed by atoms with Gasteiger partial charge in [0.05, 0.1) is 0 Å². The molecule has 3 rings (SSSR count). The molecule has 0 aliphatic rings. The van der Waals surface area contributed by atoms with E-state index in [2.05, 4.69) is 41.7 Å². The Kier molecular flexibility index (Phi) is 5.65. The first-order valence-electron chi connectivity index (χ1n) is 8.60. The van der Waals surface area contributed by atoms with Gasteiger partial charge in [0.15, 0.2) is 0 Å². The summed E-state index contributed by atoms with van der Waals surface area (Å²) in [4.78, 5) is 0. The smallest absolute Gasteiger partial charge is 0.0355 e. The summed E-state index contributed by atoms with van der Waals surface area (Å²) < 4.78 is 2.79. The van der Waals surface area contributed by atoms with Gasteiger partial charge in [-0.25, -0.2) is 0 Å². The van der Waals surface area contributed by atoms with Gasteiger partial charge in [-0.3, -0.25) is 0 Å². The number of thiophene rings is 1. The van der Waals surface area contributed by atoms with Crippen LogP contribution in [0.4, 0.5) is 0 Å². The highest BCUT2D eigenvalue weighted by atomic mass is 32.1. The normalized spacial score (nSPS) is 11.6. The van der Waals surface area contributed by atoms with Crippen molar-refractivity contribution in [2.24, 2.45) is 5.73 Å². The molecule has 0 saturated carbocycles. The minimum absolute atomic E-state index is 0.763. The number of hydrogen-bond donors (Lipinski definition) is 2. The van der Waals surface area contributed by atoms with Gasteiger partial charge in [0, 0.05) is 20.2 Å². The van der Waals surface area contributed by atoms with E-state index in [4.69, 9.17) is 5.73 Å². The Bertz CT molecular complexity index is 776. The maximum absolute atomic E-state index is 5.64. The van der Waals surface area contributed by atoms with Crippen molar-refractivity contribution >= 4 is 31.5 Å². The quantitative estimate of drug-likeness (QED) is 0.599. The van der Waals surface area contributed by atoms with Gasteiger partial charge in [-0.05, 0) is 87.6 Å². The van der Waals surface area contributed by atoms with Crippen molar-refractivity contribution in [1.29, 1.82) is 0 Å². The third-order valence-corrected chi connectivity index (χ3v) is 5.56. The van der Waals surface area contributed by atoms with Gasteiger partial charge in [-0.2, -0.15) is 0 Å². The minimum atomic E-state index is 0.763. The molecule has 1 heterocycles. The van der Waals surface area contributed by atoms with E-state index in [1.807, 2.05) is 18.4 Å². The maximum atomic E-state index is 5.64. The fourth-order valence-electron chi connectivity index (χ4n) is 3.12. The zero-order valence-electron chi connectivity index (χ0n) is 13.9. The Morgan fingerprint density at radius 2 is 1.48 bits per heavy atom. The van der Waals surface area contributed by atoms with Gasteiger partial charge in [0.25, 0.3) is 0 Å². The van der Waals surface area contributed by atoms with Crippen LogP contribution in [0, 0.1) is 0 Å². The molecule has 1 aromatic heterocycles. The molecule has 0 amide bonds. The molecule has 0 atom stereocenters. The second-order valence-corrected chi connectivity index (χ2v) is 7.30. The third kappa shape index (κ3) is 3.92. The Labute approximate surface area is 142 Å². The van der Waals surface area contributed by atoms with Crippen LogP contribution in [0.15, 0.2) is 36.4 Å². The van der Waals surface area contributed by atoms with Crippen LogP contribution in [0.25, 0.3) is 20.2 Å². The van der Waals surface area contributed by atoms with E-state index in [9.17, 15) is 0 Å². The number of nitrogens with one attached hydrogen (secondary N) is 1. The average molecular weight is 327 g/mol. The van der Waals surface area contributed by atoms with Crippen molar-refractivity contribution in [3.63, 3.8) is 0 Å². The topological polar surface area (TPSA) is 38.0 Å². The van der Waals surface area contributed by atoms with E-state index in [1.54, 1.807) is 0 Å². The molecule has 2 nitrogen and oxygen atoms in total. The second kappa shape index (κ2) is 7.91. The van der Waals surface area contributed by atoms with Gasteiger partial charge in [-0.15, -0.1) is 11.3 Å². The highest BCUT2D eigenvalue weighted by Crippen LogP contribution is 2.35. The Morgan fingerprint density at radius 1 is 0.870 bits per heavy atom. The zero-order valence-corrected chi connectivity index (χ0v) is 14.7. The predicted molar refractivity (Wildman–Crippen MR) is 104 cm³/mol. The molecule has 0 unspecified atom stereocenters. The van der Waals surface area contributed by atoms with Crippen LogP contribution in [-0.2, 0) is 12.8 Å². The van der Waals surface area contributed by atoms with E-state index in [1.165, 1.54) is 50.6 Å².